The van der Waals surface area contributed by atoms with Crippen LogP contribution in [-0.4, -0.2) is 58.8 Å². The van der Waals surface area contributed by atoms with E-state index >= 15 is 4.79 Å². The van der Waals surface area contributed by atoms with Crippen molar-refractivity contribution in [3.05, 3.63) is 5.56 Å². The molecule has 0 aliphatic rings. The van der Waals surface area contributed by atoms with Crippen LogP contribution in [-0.2, 0) is 4.74 Å². The third kappa shape index (κ3) is 41.0. The fourth-order valence-electron chi connectivity index (χ4n) is 12.6. The molecule has 0 amide bonds. The van der Waals surface area contributed by atoms with Gasteiger partial charge in [0.15, 0.2) is 23.0 Å². The number of unbranched alkanes of at least 4 members (excludes halogenated alkanes) is 48. The highest BCUT2D eigenvalue weighted by Crippen LogP contribution is 2.60. The maximum Gasteiger partial charge on any atom is 0.342 e. The van der Waals surface area contributed by atoms with E-state index in [1.54, 1.807) is 0 Å². The number of esters is 1. The summed E-state index contributed by atoms with van der Waals surface area (Å²) in [6.07, 6.45) is 64.6. The summed E-state index contributed by atoms with van der Waals surface area (Å²) < 4.78 is 58.1. The van der Waals surface area contributed by atoms with E-state index in [-0.39, 0.29) is 0 Å². The normalized spacial score (nSPS) is 11.5. The summed E-state index contributed by atoms with van der Waals surface area (Å²) in [6, 6.07) is 0. The van der Waals surface area contributed by atoms with Gasteiger partial charge >= 0.3 is 5.97 Å². The topological polar surface area (TPSA) is 90.9 Å². The van der Waals surface area contributed by atoms with E-state index < -0.39 is 5.97 Å². The molecule has 0 aliphatic heterocycles. The Morgan fingerprint density at radius 3 is 0.576 bits per heavy atom. The Morgan fingerprint density at radius 1 is 0.185 bits per heavy atom. The highest BCUT2D eigenvalue weighted by Gasteiger charge is 2.37. The molecule has 2 aromatic rings. The van der Waals surface area contributed by atoms with Crippen LogP contribution in [0.15, 0.2) is 0 Å². The predicted molar refractivity (Wildman–Crippen MR) is 397 cm³/mol. The van der Waals surface area contributed by atoms with E-state index in [0.717, 1.165) is 128 Å². The largest absolute Gasteiger partial charge is 0.489 e. The monoisotopic (exact) mass is 1290 g/mol. The van der Waals surface area contributed by atoms with Gasteiger partial charge in [-0.25, -0.2) is 4.79 Å². The van der Waals surface area contributed by atoms with Crippen molar-refractivity contribution in [3.63, 3.8) is 0 Å². The van der Waals surface area contributed by atoms with Gasteiger partial charge in [-0.1, -0.05) is 364 Å². The van der Waals surface area contributed by atoms with Gasteiger partial charge in [0.2, 0.25) is 17.2 Å². The lowest BCUT2D eigenvalue weighted by Gasteiger charge is -2.28. The smallest absolute Gasteiger partial charge is 0.342 e. The molecule has 2 aromatic carbocycles. The zero-order valence-corrected chi connectivity index (χ0v) is 62.4. The second-order valence-corrected chi connectivity index (χ2v) is 27.5. The summed E-state index contributed by atoms with van der Waals surface area (Å²) in [5, 5.41) is 1.24. The van der Waals surface area contributed by atoms with Crippen molar-refractivity contribution in [2.45, 2.75) is 415 Å². The van der Waals surface area contributed by atoms with E-state index in [4.69, 9.17) is 37.9 Å². The molecular formula is C83H152O9. The van der Waals surface area contributed by atoms with Crippen molar-refractivity contribution in [2.24, 2.45) is 0 Å². The molecule has 9 nitrogen and oxygen atoms in total. The molecule has 0 bridgehead atoms. The van der Waals surface area contributed by atoms with Gasteiger partial charge in [0, 0.05) is 0 Å². The number of hydrogen-bond acceptors (Lipinski definition) is 9. The van der Waals surface area contributed by atoms with Crippen molar-refractivity contribution in [2.75, 3.05) is 52.9 Å². The highest BCUT2D eigenvalue weighted by molar-refractivity contribution is 6.17. The van der Waals surface area contributed by atoms with Gasteiger partial charge in [0.25, 0.3) is 0 Å². The first-order valence-corrected chi connectivity index (χ1v) is 40.8. The Balaban J connectivity index is 3.32. The fourth-order valence-corrected chi connectivity index (χ4v) is 12.6. The molecule has 538 valence electrons. The molecule has 0 radical (unpaired) electrons. The van der Waals surface area contributed by atoms with Gasteiger partial charge < -0.3 is 37.9 Å². The maximum atomic E-state index is 16.0. The lowest BCUT2D eigenvalue weighted by Crippen LogP contribution is -2.16. The van der Waals surface area contributed by atoms with Crippen LogP contribution in [0.25, 0.3) is 10.8 Å². The minimum absolute atomic E-state index is 0.313. The summed E-state index contributed by atoms with van der Waals surface area (Å²) in [6.45, 7) is 21.9. The summed E-state index contributed by atoms with van der Waals surface area (Å²) in [4.78, 5) is 16.0. The van der Waals surface area contributed by atoms with E-state index in [1.165, 1.54) is 231 Å². The number of carbonyl (C=O) groups is 1. The number of benzene rings is 2. The predicted octanol–water partition coefficient (Wildman–Crippen LogP) is 27.7. The molecule has 92 heavy (non-hydrogen) atoms. The van der Waals surface area contributed by atoms with Gasteiger partial charge in [-0.3, -0.25) is 0 Å². The Bertz CT molecular complexity index is 1920. The van der Waals surface area contributed by atoms with Crippen LogP contribution in [0.2, 0.25) is 0 Å². The number of carbonyl (C=O) groups excluding carboxylic acids is 1. The molecular weight excluding hydrogens is 1140 g/mol. The summed E-state index contributed by atoms with van der Waals surface area (Å²) >= 11 is 0. The zero-order chi connectivity index (χ0) is 66.3. The van der Waals surface area contributed by atoms with Crippen molar-refractivity contribution in [1.82, 2.24) is 0 Å². The van der Waals surface area contributed by atoms with E-state index in [2.05, 4.69) is 55.4 Å². The molecule has 0 heterocycles. The standard InChI is InChI=1S/C83H152O9/c1-9-17-25-33-41-49-57-65-85-76-73-74(78(87-67-59-51-43-35-27-19-11-3)82(91-71-63-55-47-39-31-23-15-7)81(76)90-70-62-54-46-38-30-22-14-6)77(86-66-58-50-42-34-26-18-10-2)80(89-69-61-53-45-37-29-21-13-5)79(88-68-60-52-44-36-28-20-12-4)75(73)83(84)92-72-64-56-48-40-32-24-16-8/h9-72H2,1-8H3. The minimum Gasteiger partial charge on any atom is -0.489 e. The lowest BCUT2D eigenvalue weighted by molar-refractivity contribution is 0.0493. The average molecular weight is 1290 g/mol. The molecule has 0 fully saturated rings. The fraction of sp³-hybridized carbons (Fsp3) is 0.867. The second kappa shape index (κ2) is 63.8. The van der Waals surface area contributed by atoms with Crippen molar-refractivity contribution >= 4 is 16.7 Å². The second-order valence-electron chi connectivity index (χ2n) is 27.5. The molecule has 0 spiro atoms. The molecule has 9 heteroatoms. The lowest BCUT2D eigenvalue weighted by atomic mass is 9.97. The third-order valence-corrected chi connectivity index (χ3v) is 18.6. The van der Waals surface area contributed by atoms with Gasteiger partial charge in [0.05, 0.1) is 63.6 Å². The Labute approximate surface area is 570 Å². The van der Waals surface area contributed by atoms with Crippen molar-refractivity contribution in [1.29, 1.82) is 0 Å². The van der Waals surface area contributed by atoms with Crippen LogP contribution in [0.1, 0.15) is 425 Å². The molecule has 2 rings (SSSR count). The van der Waals surface area contributed by atoms with Crippen molar-refractivity contribution < 1.29 is 42.7 Å². The van der Waals surface area contributed by atoms with Gasteiger partial charge in [-0.15, -0.1) is 0 Å². The van der Waals surface area contributed by atoms with E-state index in [9.17, 15) is 0 Å². The average Bonchev–Trinajstić information content (AvgIpc) is 0.724. The number of hydrogen-bond donors (Lipinski definition) is 0. The zero-order valence-electron chi connectivity index (χ0n) is 62.4. The van der Waals surface area contributed by atoms with Crippen LogP contribution in [0, 0.1) is 0 Å². The number of fused-ring (bicyclic) bond motifs is 1. The molecule has 0 N–H and O–H groups in total. The molecule has 0 aromatic heterocycles. The van der Waals surface area contributed by atoms with Crippen molar-refractivity contribution in [3.8, 4) is 40.2 Å². The first-order valence-electron chi connectivity index (χ1n) is 40.8. The molecule has 0 atom stereocenters. The third-order valence-electron chi connectivity index (χ3n) is 18.6. The maximum absolute atomic E-state index is 16.0. The van der Waals surface area contributed by atoms with Crippen LogP contribution < -0.4 is 33.2 Å². The minimum atomic E-state index is -0.427. The summed E-state index contributed by atoms with van der Waals surface area (Å²) in [5.74, 6) is 3.16. The molecule has 0 saturated carbocycles. The van der Waals surface area contributed by atoms with Crippen LogP contribution >= 0.6 is 0 Å². The summed E-state index contributed by atoms with van der Waals surface area (Å²) in [7, 11) is 0. The summed E-state index contributed by atoms with van der Waals surface area (Å²) in [5.41, 5.74) is 0.332. The Hall–Kier alpha value is -3.23. The first kappa shape index (κ1) is 84.9. The van der Waals surface area contributed by atoms with Gasteiger partial charge in [-0.2, -0.15) is 0 Å². The Kier molecular flexibility index (Phi) is 58.9. The van der Waals surface area contributed by atoms with E-state index in [0.29, 0.717) is 109 Å². The molecule has 0 unspecified atom stereocenters. The highest BCUT2D eigenvalue weighted by atomic mass is 16.6. The van der Waals surface area contributed by atoms with Crippen LogP contribution in [0.4, 0.5) is 0 Å². The number of rotatable bonds is 72. The molecule has 0 saturated heterocycles. The molecule has 0 aliphatic carbocycles. The van der Waals surface area contributed by atoms with Gasteiger partial charge in [0.1, 0.15) is 5.56 Å². The van der Waals surface area contributed by atoms with Gasteiger partial charge in [-0.05, 0) is 51.4 Å². The number of ether oxygens (including phenoxy) is 8. The Morgan fingerprint density at radius 2 is 0.348 bits per heavy atom. The van der Waals surface area contributed by atoms with Crippen LogP contribution in [0.3, 0.4) is 0 Å². The van der Waals surface area contributed by atoms with Crippen LogP contribution in [0.5, 0.6) is 40.2 Å². The van der Waals surface area contributed by atoms with E-state index in [1.807, 2.05) is 0 Å². The quantitative estimate of drug-likeness (QED) is 0.0474. The SMILES string of the molecule is CCCCCCCCCOC(=O)c1c(OCCCCCCCCC)c(OCCCCCCCCC)c(OCCCCCCCCC)c2c(OCCCCCCCCC)c(OCCCCCCCCC)c(OCCCCCCCCC)c(OCCCCCCCCC)c12. The first-order chi connectivity index (χ1) is 45.5.